The highest BCUT2D eigenvalue weighted by Gasteiger charge is 1.95. The minimum absolute atomic E-state index is 0.113. The number of amidine groups is 1. The largest absolute Gasteiger partial charge is 0.387 e. The summed E-state index contributed by atoms with van der Waals surface area (Å²) in [4.78, 5) is 10.0. The molecule has 0 fully saturated rings. The Labute approximate surface area is 69.9 Å². The van der Waals surface area contributed by atoms with E-state index in [1.807, 2.05) is 0 Å². The van der Waals surface area contributed by atoms with Crippen LogP contribution in [-0.4, -0.2) is 5.84 Å². The Hall–Kier alpha value is -1.71. The molecular formula is C8H9N3O. The van der Waals surface area contributed by atoms with Crippen molar-refractivity contribution in [1.82, 2.24) is 0 Å². The quantitative estimate of drug-likeness (QED) is 0.403. The van der Waals surface area contributed by atoms with Gasteiger partial charge >= 0.3 is 0 Å². The van der Waals surface area contributed by atoms with Gasteiger partial charge in [0.1, 0.15) is 5.69 Å². The Morgan fingerprint density at radius 1 is 1.42 bits per heavy atom. The van der Waals surface area contributed by atoms with E-state index in [1.165, 1.54) is 0 Å². The van der Waals surface area contributed by atoms with Gasteiger partial charge in [0.25, 0.3) is 0 Å². The van der Waals surface area contributed by atoms with Crippen molar-refractivity contribution in [2.45, 2.75) is 6.42 Å². The minimum Gasteiger partial charge on any atom is -0.387 e. The summed E-state index contributed by atoms with van der Waals surface area (Å²) in [6.45, 7) is 0. The number of nitrogens with two attached hydrogens (primary N) is 1. The molecule has 12 heavy (non-hydrogen) atoms. The summed E-state index contributed by atoms with van der Waals surface area (Å²) in [6, 6.07) is 6.67. The number of nitroso groups, excluding NO2 is 1. The van der Waals surface area contributed by atoms with Crippen LogP contribution in [0.1, 0.15) is 5.56 Å². The van der Waals surface area contributed by atoms with Gasteiger partial charge < -0.3 is 5.73 Å². The number of nitrogens with zero attached hydrogens (tertiary/aromatic N) is 1. The summed E-state index contributed by atoms with van der Waals surface area (Å²) in [6.07, 6.45) is 0.416. The maximum atomic E-state index is 10.0. The molecule has 0 bridgehead atoms. The molecule has 0 aliphatic rings. The van der Waals surface area contributed by atoms with Crippen molar-refractivity contribution in [3.63, 3.8) is 0 Å². The van der Waals surface area contributed by atoms with E-state index in [9.17, 15) is 4.91 Å². The molecule has 1 aromatic carbocycles. The van der Waals surface area contributed by atoms with Crippen LogP contribution in [0.5, 0.6) is 0 Å². The molecule has 0 unspecified atom stereocenters. The fraction of sp³-hybridized carbons (Fsp3) is 0.125. The third kappa shape index (κ3) is 2.16. The molecule has 0 heterocycles. The van der Waals surface area contributed by atoms with Crippen LogP contribution < -0.4 is 5.73 Å². The van der Waals surface area contributed by atoms with E-state index >= 15 is 0 Å². The summed E-state index contributed by atoms with van der Waals surface area (Å²) in [7, 11) is 0. The van der Waals surface area contributed by atoms with E-state index in [-0.39, 0.29) is 5.84 Å². The zero-order chi connectivity index (χ0) is 8.97. The van der Waals surface area contributed by atoms with E-state index in [4.69, 9.17) is 11.1 Å². The van der Waals surface area contributed by atoms with Gasteiger partial charge in [-0.3, -0.25) is 5.41 Å². The van der Waals surface area contributed by atoms with Crippen LogP contribution in [0.25, 0.3) is 0 Å². The van der Waals surface area contributed by atoms with Gasteiger partial charge in [-0.05, 0) is 22.9 Å². The van der Waals surface area contributed by atoms with Crippen LogP contribution in [0.4, 0.5) is 5.69 Å². The molecule has 4 heteroatoms. The minimum atomic E-state index is 0.113. The molecular weight excluding hydrogens is 154 g/mol. The fourth-order valence-corrected chi connectivity index (χ4v) is 0.895. The van der Waals surface area contributed by atoms with Crippen molar-refractivity contribution in [1.29, 1.82) is 5.41 Å². The first kappa shape index (κ1) is 8.39. The van der Waals surface area contributed by atoms with Crippen LogP contribution in [0, 0.1) is 10.3 Å². The highest BCUT2D eigenvalue weighted by atomic mass is 16.3. The standard InChI is InChI=1S/C8H9N3O/c9-8(10)5-6-1-3-7(11-12)4-2-6/h1-4H,5H2,(H3,9,10). The Bertz CT molecular complexity index is 292. The molecule has 0 aliphatic carbocycles. The fourth-order valence-electron chi connectivity index (χ4n) is 0.895. The summed E-state index contributed by atoms with van der Waals surface area (Å²) in [5.41, 5.74) is 6.50. The van der Waals surface area contributed by atoms with E-state index in [0.29, 0.717) is 12.1 Å². The molecule has 0 spiro atoms. The van der Waals surface area contributed by atoms with E-state index in [0.717, 1.165) is 5.56 Å². The molecule has 0 saturated carbocycles. The van der Waals surface area contributed by atoms with Crippen LogP contribution in [-0.2, 0) is 6.42 Å². The van der Waals surface area contributed by atoms with Crippen molar-refractivity contribution >= 4 is 11.5 Å². The van der Waals surface area contributed by atoms with Crippen molar-refractivity contribution in [3.05, 3.63) is 34.7 Å². The van der Waals surface area contributed by atoms with Gasteiger partial charge in [-0.2, -0.15) is 0 Å². The van der Waals surface area contributed by atoms with E-state index in [1.54, 1.807) is 24.3 Å². The van der Waals surface area contributed by atoms with Crippen LogP contribution in [0.3, 0.4) is 0 Å². The lowest BCUT2D eigenvalue weighted by molar-refractivity contribution is 1.24. The molecule has 1 aromatic rings. The van der Waals surface area contributed by atoms with Crippen LogP contribution >= 0.6 is 0 Å². The molecule has 0 aliphatic heterocycles. The summed E-state index contributed by atoms with van der Waals surface area (Å²) < 4.78 is 0. The third-order valence-corrected chi connectivity index (χ3v) is 1.44. The molecule has 62 valence electrons. The second-order valence-electron chi connectivity index (χ2n) is 2.46. The number of hydrogen-bond donors (Lipinski definition) is 2. The SMILES string of the molecule is N=C(N)Cc1ccc(N=O)cc1. The van der Waals surface area contributed by atoms with Gasteiger partial charge in [-0.1, -0.05) is 12.1 Å². The van der Waals surface area contributed by atoms with E-state index in [2.05, 4.69) is 5.18 Å². The summed E-state index contributed by atoms with van der Waals surface area (Å²) in [5.74, 6) is 0.113. The molecule has 0 saturated heterocycles. The normalized spacial score (nSPS) is 9.33. The Morgan fingerprint density at radius 3 is 2.42 bits per heavy atom. The summed E-state index contributed by atoms with van der Waals surface area (Å²) >= 11 is 0. The van der Waals surface area contributed by atoms with Gasteiger partial charge in [0.2, 0.25) is 0 Å². The van der Waals surface area contributed by atoms with Crippen molar-refractivity contribution in [2.24, 2.45) is 10.9 Å². The first-order chi connectivity index (χ1) is 5.72. The summed E-state index contributed by atoms with van der Waals surface area (Å²) in [5, 5.41) is 9.78. The molecule has 0 atom stereocenters. The molecule has 0 aromatic heterocycles. The van der Waals surface area contributed by atoms with Crippen molar-refractivity contribution in [2.75, 3.05) is 0 Å². The van der Waals surface area contributed by atoms with Crippen molar-refractivity contribution < 1.29 is 0 Å². The topological polar surface area (TPSA) is 79.3 Å². The molecule has 0 amide bonds. The molecule has 4 nitrogen and oxygen atoms in total. The highest BCUT2D eigenvalue weighted by Crippen LogP contribution is 2.12. The zero-order valence-electron chi connectivity index (χ0n) is 6.45. The van der Waals surface area contributed by atoms with Gasteiger partial charge in [0.05, 0.1) is 5.84 Å². The van der Waals surface area contributed by atoms with Crippen LogP contribution in [0.2, 0.25) is 0 Å². The van der Waals surface area contributed by atoms with Crippen LogP contribution in [0.15, 0.2) is 29.4 Å². The second-order valence-corrected chi connectivity index (χ2v) is 2.46. The lowest BCUT2D eigenvalue weighted by Crippen LogP contribution is -2.12. The number of nitrogens with one attached hydrogen (secondary N) is 1. The Balaban J connectivity index is 2.77. The van der Waals surface area contributed by atoms with Gasteiger partial charge in [-0.15, -0.1) is 4.91 Å². The van der Waals surface area contributed by atoms with Gasteiger partial charge in [0, 0.05) is 6.42 Å². The molecule has 1 rings (SSSR count). The van der Waals surface area contributed by atoms with Gasteiger partial charge in [0.15, 0.2) is 0 Å². The van der Waals surface area contributed by atoms with Crippen molar-refractivity contribution in [3.8, 4) is 0 Å². The predicted molar refractivity (Wildman–Crippen MR) is 47.5 cm³/mol. The third-order valence-electron chi connectivity index (χ3n) is 1.44. The first-order valence-corrected chi connectivity index (χ1v) is 3.47. The van der Waals surface area contributed by atoms with Gasteiger partial charge in [-0.25, -0.2) is 0 Å². The Morgan fingerprint density at radius 2 is 2.00 bits per heavy atom. The first-order valence-electron chi connectivity index (χ1n) is 3.47. The van der Waals surface area contributed by atoms with E-state index < -0.39 is 0 Å². The highest BCUT2D eigenvalue weighted by molar-refractivity contribution is 5.79. The number of rotatable bonds is 3. The lowest BCUT2D eigenvalue weighted by atomic mass is 10.1. The predicted octanol–water partition coefficient (Wildman–Crippen LogP) is 1.56. The lowest BCUT2D eigenvalue weighted by Gasteiger charge is -1.97. The number of hydrogen-bond acceptors (Lipinski definition) is 3. The number of benzene rings is 1. The average molecular weight is 163 g/mol. The average Bonchev–Trinajstić information content (AvgIpc) is 2.05. The molecule has 0 radical (unpaired) electrons. The maximum Gasteiger partial charge on any atom is 0.108 e. The Kier molecular flexibility index (Phi) is 2.53. The zero-order valence-corrected chi connectivity index (χ0v) is 6.45. The molecule has 3 N–H and O–H groups in total. The maximum absolute atomic E-state index is 10.0. The smallest absolute Gasteiger partial charge is 0.108 e. The second kappa shape index (κ2) is 3.61. The monoisotopic (exact) mass is 163 g/mol.